The van der Waals surface area contributed by atoms with Crippen molar-refractivity contribution in [3.8, 4) is 5.75 Å². The van der Waals surface area contributed by atoms with Gasteiger partial charge in [-0.2, -0.15) is 0 Å². The number of rotatable bonds is 5. The lowest BCUT2D eigenvalue weighted by Gasteiger charge is -2.16. The third-order valence-electron chi connectivity index (χ3n) is 2.39. The molecule has 2 atom stereocenters. The van der Waals surface area contributed by atoms with Crippen LogP contribution in [0.25, 0.3) is 0 Å². The number of carbonyl (C=O) groups excluding carboxylic acids is 1. The minimum atomic E-state index is -2.10. The van der Waals surface area contributed by atoms with Gasteiger partial charge >= 0.3 is 5.97 Å². The molecular weight excluding hydrogens is 244 g/mol. The quantitative estimate of drug-likeness (QED) is 0.818. The predicted molar refractivity (Wildman–Crippen MR) is 61.4 cm³/mol. The fourth-order valence-electron chi connectivity index (χ4n) is 1.43. The molecule has 1 unspecified atom stereocenters. The Labute approximate surface area is 104 Å². The maximum absolute atomic E-state index is 13.6. The van der Waals surface area contributed by atoms with Gasteiger partial charge < -0.3 is 15.2 Å². The molecule has 0 amide bonds. The monoisotopic (exact) mass is 259 g/mol. The molecule has 0 saturated carbocycles. The van der Waals surface area contributed by atoms with Gasteiger partial charge in [0, 0.05) is 11.6 Å². The maximum Gasteiger partial charge on any atom is 0.342 e. The van der Waals surface area contributed by atoms with Gasteiger partial charge in [-0.3, -0.25) is 0 Å². The molecule has 18 heavy (non-hydrogen) atoms. The van der Waals surface area contributed by atoms with Crippen LogP contribution >= 0.6 is 0 Å². The lowest BCUT2D eigenvalue weighted by molar-refractivity contribution is -0.149. The molecule has 6 heteroatoms. The summed E-state index contributed by atoms with van der Waals surface area (Å²) in [7, 11) is 1.38. The van der Waals surface area contributed by atoms with Crippen LogP contribution in [0.2, 0.25) is 0 Å². The first kappa shape index (κ1) is 14.4. The van der Waals surface area contributed by atoms with E-state index in [2.05, 4.69) is 4.74 Å². The zero-order valence-corrected chi connectivity index (χ0v) is 10.2. The van der Waals surface area contributed by atoms with E-state index in [4.69, 9.17) is 10.5 Å². The summed E-state index contributed by atoms with van der Waals surface area (Å²) < 4.78 is 36.5. The molecule has 0 aliphatic heterocycles. The summed E-state index contributed by atoms with van der Waals surface area (Å²) in [6.07, 6.45) is -2.10. The number of ether oxygens (including phenoxy) is 2. The third kappa shape index (κ3) is 3.16. The molecule has 0 fully saturated rings. The number of hydrogen-bond acceptors (Lipinski definition) is 4. The highest BCUT2D eigenvalue weighted by Gasteiger charge is 2.29. The SMILES string of the molecule is CCOC(=O)C(F)[C@H](N)c1ccc(OC)cc1F. The van der Waals surface area contributed by atoms with Gasteiger partial charge in [-0.15, -0.1) is 0 Å². The molecule has 0 bridgehead atoms. The van der Waals surface area contributed by atoms with Crippen LogP contribution in [0.3, 0.4) is 0 Å². The molecule has 1 aromatic carbocycles. The molecule has 0 aliphatic rings. The van der Waals surface area contributed by atoms with Crippen molar-refractivity contribution in [2.24, 2.45) is 5.73 Å². The Morgan fingerprint density at radius 3 is 2.67 bits per heavy atom. The fraction of sp³-hybridized carbons (Fsp3) is 0.417. The van der Waals surface area contributed by atoms with Crippen molar-refractivity contribution in [1.29, 1.82) is 0 Å². The summed E-state index contributed by atoms with van der Waals surface area (Å²) in [6.45, 7) is 1.58. The molecule has 0 heterocycles. The van der Waals surface area contributed by atoms with Gasteiger partial charge in [-0.25, -0.2) is 13.6 Å². The number of carbonyl (C=O) groups is 1. The Hall–Kier alpha value is -1.69. The van der Waals surface area contributed by atoms with E-state index in [0.717, 1.165) is 6.07 Å². The topological polar surface area (TPSA) is 61.5 Å². The maximum atomic E-state index is 13.6. The Morgan fingerprint density at radius 2 is 2.17 bits per heavy atom. The zero-order valence-electron chi connectivity index (χ0n) is 10.2. The fourth-order valence-corrected chi connectivity index (χ4v) is 1.43. The van der Waals surface area contributed by atoms with Crippen LogP contribution in [0.5, 0.6) is 5.75 Å². The lowest BCUT2D eigenvalue weighted by Crippen LogP contribution is -2.32. The Balaban J connectivity index is 2.89. The highest BCUT2D eigenvalue weighted by Crippen LogP contribution is 2.24. The summed E-state index contributed by atoms with van der Waals surface area (Å²) >= 11 is 0. The molecule has 4 nitrogen and oxygen atoms in total. The van der Waals surface area contributed by atoms with E-state index in [0.29, 0.717) is 0 Å². The average molecular weight is 259 g/mol. The second kappa shape index (κ2) is 6.30. The van der Waals surface area contributed by atoms with Crippen molar-refractivity contribution in [3.05, 3.63) is 29.6 Å². The molecular formula is C12H15F2NO3. The van der Waals surface area contributed by atoms with Crippen molar-refractivity contribution < 1.29 is 23.0 Å². The summed E-state index contributed by atoms with van der Waals surface area (Å²) in [5, 5.41) is 0. The second-order valence-corrected chi connectivity index (χ2v) is 3.57. The molecule has 0 radical (unpaired) electrons. The highest BCUT2D eigenvalue weighted by molar-refractivity contribution is 5.75. The van der Waals surface area contributed by atoms with Crippen LogP contribution in [-0.2, 0) is 9.53 Å². The van der Waals surface area contributed by atoms with E-state index in [1.54, 1.807) is 6.92 Å². The summed E-state index contributed by atoms with van der Waals surface area (Å²) in [5.41, 5.74) is 5.40. The molecule has 1 aromatic rings. The van der Waals surface area contributed by atoms with E-state index < -0.39 is 24.0 Å². The molecule has 0 aromatic heterocycles. The van der Waals surface area contributed by atoms with Gasteiger partial charge in [0.2, 0.25) is 6.17 Å². The van der Waals surface area contributed by atoms with Gasteiger partial charge in [0.25, 0.3) is 0 Å². The van der Waals surface area contributed by atoms with Crippen molar-refractivity contribution in [1.82, 2.24) is 0 Å². The normalized spacial score (nSPS) is 13.8. The second-order valence-electron chi connectivity index (χ2n) is 3.57. The largest absolute Gasteiger partial charge is 0.497 e. The number of alkyl halides is 1. The smallest absolute Gasteiger partial charge is 0.342 e. The van der Waals surface area contributed by atoms with Crippen LogP contribution in [-0.4, -0.2) is 25.9 Å². The zero-order chi connectivity index (χ0) is 13.7. The predicted octanol–water partition coefficient (Wildman–Crippen LogP) is 1.74. The van der Waals surface area contributed by atoms with Crippen LogP contribution < -0.4 is 10.5 Å². The van der Waals surface area contributed by atoms with E-state index in [9.17, 15) is 13.6 Å². The highest BCUT2D eigenvalue weighted by atomic mass is 19.1. The van der Waals surface area contributed by atoms with Crippen molar-refractivity contribution in [2.75, 3.05) is 13.7 Å². The van der Waals surface area contributed by atoms with E-state index in [1.807, 2.05) is 0 Å². The van der Waals surface area contributed by atoms with Crippen LogP contribution in [0.15, 0.2) is 18.2 Å². The first-order valence-corrected chi connectivity index (χ1v) is 5.41. The van der Waals surface area contributed by atoms with E-state index >= 15 is 0 Å². The van der Waals surface area contributed by atoms with Crippen molar-refractivity contribution in [3.63, 3.8) is 0 Å². The number of methoxy groups -OCH3 is 1. The first-order chi connectivity index (χ1) is 8.51. The van der Waals surface area contributed by atoms with Crippen molar-refractivity contribution >= 4 is 5.97 Å². The number of benzene rings is 1. The first-order valence-electron chi connectivity index (χ1n) is 5.41. The Morgan fingerprint density at radius 1 is 1.50 bits per heavy atom. The van der Waals surface area contributed by atoms with E-state index in [-0.39, 0.29) is 17.9 Å². The minimum Gasteiger partial charge on any atom is -0.497 e. The molecule has 1 rings (SSSR count). The average Bonchev–Trinajstić information content (AvgIpc) is 2.37. The van der Waals surface area contributed by atoms with Crippen LogP contribution in [0.1, 0.15) is 18.5 Å². The van der Waals surface area contributed by atoms with Gasteiger partial charge in [0.1, 0.15) is 11.6 Å². The molecule has 0 spiro atoms. The van der Waals surface area contributed by atoms with E-state index in [1.165, 1.54) is 19.2 Å². The summed E-state index contributed by atoms with van der Waals surface area (Å²) in [6, 6.07) is 2.39. The molecule has 2 N–H and O–H groups in total. The van der Waals surface area contributed by atoms with Gasteiger partial charge in [0.05, 0.1) is 19.8 Å². The Kier molecular flexibility index (Phi) is 5.03. The van der Waals surface area contributed by atoms with Crippen molar-refractivity contribution in [2.45, 2.75) is 19.1 Å². The summed E-state index contributed by atoms with van der Waals surface area (Å²) in [4.78, 5) is 11.2. The third-order valence-corrected chi connectivity index (χ3v) is 2.39. The number of nitrogens with two attached hydrogens (primary N) is 1. The summed E-state index contributed by atoms with van der Waals surface area (Å²) in [5.74, 6) is -1.54. The number of halogens is 2. The molecule has 0 aliphatic carbocycles. The Bertz CT molecular complexity index is 426. The van der Waals surface area contributed by atoms with Crippen LogP contribution in [0, 0.1) is 5.82 Å². The number of hydrogen-bond donors (Lipinski definition) is 1. The molecule has 0 saturated heterocycles. The van der Waals surface area contributed by atoms with Gasteiger partial charge in [0.15, 0.2) is 0 Å². The van der Waals surface area contributed by atoms with Crippen LogP contribution in [0.4, 0.5) is 8.78 Å². The minimum absolute atomic E-state index is 0.0388. The van der Waals surface area contributed by atoms with Gasteiger partial charge in [-0.1, -0.05) is 6.07 Å². The van der Waals surface area contributed by atoms with Gasteiger partial charge in [-0.05, 0) is 13.0 Å². The molecule has 100 valence electrons. The lowest BCUT2D eigenvalue weighted by atomic mass is 10.0. The standard InChI is InChI=1S/C12H15F2NO3/c1-3-18-12(16)10(14)11(15)8-5-4-7(17-2)6-9(8)13/h4-6,10-11H,3,15H2,1-2H3/t10?,11-/m1/s1. The number of esters is 1.